The number of hydrogen-bond acceptors (Lipinski definition) is 5. The van der Waals surface area contributed by atoms with E-state index in [4.69, 9.17) is 4.98 Å². The average molecular weight is 370 g/mol. The highest BCUT2D eigenvalue weighted by Crippen LogP contribution is 2.23. The lowest BCUT2D eigenvalue weighted by Gasteiger charge is -2.41. The lowest BCUT2D eigenvalue weighted by molar-refractivity contribution is -0.126. The van der Waals surface area contributed by atoms with Crippen LogP contribution in [0.3, 0.4) is 0 Å². The Kier molecular flexibility index (Phi) is 5.43. The lowest BCUT2D eigenvalue weighted by Crippen LogP contribution is -2.54. The Morgan fingerprint density at radius 3 is 2.89 bits per heavy atom. The predicted molar refractivity (Wildman–Crippen MR) is 105 cm³/mol. The third-order valence-electron chi connectivity index (χ3n) is 4.77. The Morgan fingerprint density at radius 2 is 2.22 bits per heavy atom. The fraction of sp³-hybridized carbons (Fsp3) is 0.474. The molecule has 1 saturated heterocycles. The van der Waals surface area contributed by atoms with Crippen LogP contribution in [0.4, 0.5) is 5.82 Å². The maximum Gasteiger partial charge on any atom is 0.255 e. The SMILES string of the molecule is C=CC(=O)N1CCN(c2cnc3[nH]cc(C(=O)NC(C)C)c3n2)[C@@H](CC)C1. The molecule has 0 aromatic carbocycles. The number of carbonyl (C=O) groups excluding carboxylic acids is 2. The molecule has 0 aliphatic carbocycles. The van der Waals surface area contributed by atoms with E-state index in [0.29, 0.717) is 36.4 Å². The number of anilines is 1. The van der Waals surface area contributed by atoms with E-state index in [1.807, 2.05) is 13.8 Å². The topological polar surface area (TPSA) is 94.2 Å². The van der Waals surface area contributed by atoms with Crippen LogP contribution in [0.25, 0.3) is 11.2 Å². The highest BCUT2D eigenvalue weighted by molar-refractivity contribution is 6.04. The lowest BCUT2D eigenvalue weighted by atomic mass is 10.1. The molecule has 0 saturated carbocycles. The minimum absolute atomic E-state index is 0.0403. The van der Waals surface area contributed by atoms with E-state index >= 15 is 0 Å². The van der Waals surface area contributed by atoms with Gasteiger partial charge >= 0.3 is 0 Å². The van der Waals surface area contributed by atoms with Crippen molar-refractivity contribution >= 4 is 28.8 Å². The molecule has 0 radical (unpaired) electrons. The molecule has 1 aliphatic rings. The minimum Gasteiger partial charge on any atom is -0.350 e. The van der Waals surface area contributed by atoms with Crippen LogP contribution < -0.4 is 10.2 Å². The van der Waals surface area contributed by atoms with Gasteiger partial charge in [0.15, 0.2) is 5.65 Å². The van der Waals surface area contributed by atoms with Crippen LogP contribution in [0.2, 0.25) is 0 Å². The van der Waals surface area contributed by atoms with Crippen LogP contribution in [0.15, 0.2) is 25.0 Å². The van der Waals surface area contributed by atoms with Crippen molar-refractivity contribution in [1.29, 1.82) is 0 Å². The van der Waals surface area contributed by atoms with Gasteiger partial charge in [-0.15, -0.1) is 0 Å². The molecule has 8 heteroatoms. The standard InChI is InChI=1S/C19H26N6O2/c1-5-13-11-24(16(26)6-2)7-8-25(13)15-10-21-18-17(23-15)14(9-20-18)19(27)22-12(3)4/h6,9-10,12-13H,2,5,7-8,11H2,1,3-4H3,(H,20,21)(H,22,27)/t13-/m0/s1. The van der Waals surface area contributed by atoms with Gasteiger partial charge in [0.05, 0.1) is 11.8 Å². The second-order valence-electron chi connectivity index (χ2n) is 7.00. The smallest absolute Gasteiger partial charge is 0.255 e. The zero-order chi connectivity index (χ0) is 19.6. The van der Waals surface area contributed by atoms with Crippen molar-refractivity contribution in [2.75, 3.05) is 24.5 Å². The number of hydrogen-bond donors (Lipinski definition) is 2. The van der Waals surface area contributed by atoms with Crippen molar-refractivity contribution in [3.8, 4) is 0 Å². The van der Waals surface area contributed by atoms with E-state index in [1.165, 1.54) is 6.08 Å². The van der Waals surface area contributed by atoms with Crippen LogP contribution in [-0.2, 0) is 4.79 Å². The van der Waals surface area contributed by atoms with E-state index in [-0.39, 0.29) is 23.9 Å². The molecule has 1 atom stereocenters. The summed E-state index contributed by atoms with van der Waals surface area (Å²) in [5, 5.41) is 2.89. The van der Waals surface area contributed by atoms with Crippen LogP contribution in [0, 0.1) is 0 Å². The second-order valence-corrected chi connectivity index (χ2v) is 7.00. The van der Waals surface area contributed by atoms with Gasteiger partial charge in [-0.1, -0.05) is 13.5 Å². The van der Waals surface area contributed by atoms with Crippen molar-refractivity contribution < 1.29 is 9.59 Å². The summed E-state index contributed by atoms with van der Waals surface area (Å²) in [7, 11) is 0. The number of nitrogens with one attached hydrogen (secondary N) is 2. The van der Waals surface area contributed by atoms with Gasteiger partial charge in [-0.25, -0.2) is 9.97 Å². The Labute approximate surface area is 158 Å². The second kappa shape index (κ2) is 7.77. The Hall–Kier alpha value is -2.90. The van der Waals surface area contributed by atoms with Gasteiger partial charge in [-0.2, -0.15) is 0 Å². The number of aromatic amines is 1. The summed E-state index contributed by atoms with van der Waals surface area (Å²) in [5.41, 5.74) is 1.63. The highest BCUT2D eigenvalue weighted by atomic mass is 16.2. The molecular formula is C19H26N6O2. The van der Waals surface area contributed by atoms with Crippen molar-refractivity contribution in [2.45, 2.75) is 39.3 Å². The van der Waals surface area contributed by atoms with Crippen molar-refractivity contribution in [3.05, 3.63) is 30.6 Å². The van der Waals surface area contributed by atoms with Gasteiger partial charge in [-0.05, 0) is 26.3 Å². The normalized spacial score (nSPS) is 17.4. The van der Waals surface area contributed by atoms with Gasteiger partial charge in [0.2, 0.25) is 5.91 Å². The van der Waals surface area contributed by atoms with E-state index in [2.05, 4.69) is 33.7 Å². The van der Waals surface area contributed by atoms with E-state index in [1.54, 1.807) is 17.3 Å². The fourth-order valence-corrected chi connectivity index (χ4v) is 3.37. The van der Waals surface area contributed by atoms with Gasteiger partial charge in [0.25, 0.3) is 5.91 Å². The van der Waals surface area contributed by atoms with Gasteiger partial charge in [0, 0.05) is 37.9 Å². The third kappa shape index (κ3) is 3.79. The predicted octanol–water partition coefficient (Wildman–Crippen LogP) is 1.71. The average Bonchev–Trinajstić information content (AvgIpc) is 3.09. The number of carbonyl (C=O) groups is 2. The van der Waals surface area contributed by atoms with Crippen LogP contribution in [0.5, 0.6) is 0 Å². The molecule has 2 aromatic rings. The first-order valence-corrected chi connectivity index (χ1v) is 9.27. The first-order valence-electron chi connectivity index (χ1n) is 9.27. The molecule has 1 aliphatic heterocycles. The maximum atomic E-state index is 12.4. The summed E-state index contributed by atoms with van der Waals surface area (Å²) < 4.78 is 0. The molecule has 1 fully saturated rings. The molecule has 144 valence electrons. The first kappa shape index (κ1) is 18.9. The van der Waals surface area contributed by atoms with Crippen LogP contribution >= 0.6 is 0 Å². The van der Waals surface area contributed by atoms with Gasteiger partial charge < -0.3 is 20.1 Å². The Morgan fingerprint density at radius 1 is 1.44 bits per heavy atom. The highest BCUT2D eigenvalue weighted by Gasteiger charge is 2.29. The molecule has 3 rings (SSSR count). The summed E-state index contributed by atoms with van der Waals surface area (Å²) in [6.07, 6.45) is 5.59. The van der Waals surface area contributed by atoms with E-state index in [0.717, 1.165) is 12.2 Å². The summed E-state index contributed by atoms with van der Waals surface area (Å²) in [5.74, 6) is 0.502. The monoisotopic (exact) mass is 370 g/mol. The fourth-order valence-electron chi connectivity index (χ4n) is 3.37. The summed E-state index contributed by atoms with van der Waals surface area (Å²) in [4.78, 5) is 40.5. The molecule has 2 N–H and O–H groups in total. The number of amides is 2. The molecule has 2 aromatic heterocycles. The molecule has 0 unspecified atom stereocenters. The minimum atomic E-state index is -0.170. The van der Waals surface area contributed by atoms with E-state index < -0.39 is 0 Å². The number of H-pyrrole nitrogens is 1. The van der Waals surface area contributed by atoms with Gasteiger partial charge in [0.1, 0.15) is 11.3 Å². The largest absolute Gasteiger partial charge is 0.350 e. The molecule has 3 heterocycles. The number of rotatable bonds is 5. The number of piperazine rings is 1. The summed E-state index contributed by atoms with van der Waals surface area (Å²) >= 11 is 0. The maximum absolute atomic E-state index is 12.4. The molecular weight excluding hydrogens is 344 g/mol. The zero-order valence-electron chi connectivity index (χ0n) is 16.0. The quantitative estimate of drug-likeness (QED) is 0.782. The molecule has 0 bridgehead atoms. The third-order valence-corrected chi connectivity index (χ3v) is 4.77. The molecule has 0 spiro atoms. The van der Waals surface area contributed by atoms with Crippen LogP contribution in [-0.4, -0.2) is 63.4 Å². The number of fused-ring (bicyclic) bond motifs is 1. The van der Waals surface area contributed by atoms with Crippen molar-refractivity contribution in [3.63, 3.8) is 0 Å². The van der Waals surface area contributed by atoms with Crippen molar-refractivity contribution in [1.82, 2.24) is 25.2 Å². The molecule has 8 nitrogen and oxygen atoms in total. The summed E-state index contributed by atoms with van der Waals surface area (Å²) in [6, 6.07) is 0.180. The number of aromatic nitrogens is 3. The van der Waals surface area contributed by atoms with Crippen LogP contribution in [0.1, 0.15) is 37.6 Å². The van der Waals surface area contributed by atoms with Crippen molar-refractivity contribution in [2.24, 2.45) is 0 Å². The number of nitrogens with zero attached hydrogens (tertiary/aromatic N) is 4. The Bertz CT molecular complexity index is 859. The summed E-state index contributed by atoms with van der Waals surface area (Å²) in [6.45, 7) is 11.4. The first-order chi connectivity index (χ1) is 12.9. The van der Waals surface area contributed by atoms with E-state index in [9.17, 15) is 9.59 Å². The molecule has 27 heavy (non-hydrogen) atoms. The molecule has 2 amide bonds. The zero-order valence-corrected chi connectivity index (χ0v) is 16.0. The Balaban J connectivity index is 1.89. The van der Waals surface area contributed by atoms with Gasteiger partial charge in [-0.3, -0.25) is 9.59 Å².